The molecule has 0 aromatic carbocycles. The second kappa shape index (κ2) is 5.80. The molecule has 1 saturated heterocycles. The number of likely N-dealkylation sites (tertiary alicyclic amines) is 1. The van der Waals surface area contributed by atoms with Crippen LogP contribution in [0.15, 0.2) is 6.20 Å². The molecule has 8 heteroatoms. The highest BCUT2D eigenvalue weighted by Gasteiger charge is 2.30. The Kier molecular flexibility index (Phi) is 3.87. The number of anilines is 1. The maximum absolute atomic E-state index is 12.1. The molecule has 1 saturated carbocycles. The summed E-state index contributed by atoms with van der Waals surface area (Å²) in [6, 6.07) is 0.199. The SMILES string of the molecule is NC1CCN(C(=O)Cn2cc(NC(=O)C3CC3)nn2)CC1. The first-order chi connectivity index (χ1) is 10.1. The minimum absolute atomic E-state index is 0.00636. The van der Waals surface area contributed by atoms with Gasteiger partial charge in [0.05, 0.1) is 6.20 Å². The van der Waals surface area contributed by atoms with Crippen LogP contribution in [0.1, 0.15) is 25.7 Å². The van der Waals surface area contributed by atoms with E-state index in [0.29, 0.717) is 18.9 Å². The van der Waals surface area contributed by atoms with Crippen molar-refractivity contribution >= 4 is 17.6 Å². The monoisotopic (exact) mass is 292 g/mol. The minimum atomic E-state index is -0.0154. The molecule has 0 spiro atoms. The summed E-state index contributed by atoms with van der Waals surface area (Å²) in [6.45, 7) is 1.53. The van der Waals surface area contributed by atoms with E-state index in [2.05, 4.69) is 15.6 Å². The van der Waals surface area contributed by atoms with E-state index in [1.54, 1.807) is 11.1 Å². The van der Waals surface area contributed by atoms with Crippen molar-refractivity contribution in [1.29, 1.82) is 0 Å². The largest absolute Gasteiger partial charge is 0.341 e. The fourth-order valence-corrected chi connectivity index (χ4v) is 2.39. The minimum Gasteiger partial charge on any atom is -0.341 e. The number of nitrogens with two attached hydrogens (primary N) is 1. The smallest absolute Gasteiger partial charge is 0.244 e. The molecule has 1 aliphatic carbocycles. The molecule has 21 heavy (non-hydrogen) atoms. The van der Waals surface area contributed by atoms with E-state index in [0.717, 1.165) is 25.7 Å². The van der Waals surface area contributed by atoms with Crippen LogP contribution in [-0.2, 0) is 16.1 Å². The number of nitrogens with one attached hydrogen (secondary N) is 1. The van der Waals surface area contributed by atoms with Crippen molar-refractivity contribution in [2.45, 2.75) is 38.3 Å². The quantitative estimate of drug-likeness (QED) is 0.783. The fraction of sp³-hybridized carbons (Fsp3) is 0.692. The third kappa shape index (κ3) is 3.57. The predicted molar refractivity (Wildman–Crippen MR) is 75.2 cm³/mol. The maximum Gasteiger partial charge on any atom is 0.244 e. The Hall–Kier alpha value is -1.96. The summed E-state index contributed by atoms with van der Waals surface area (Å²) in [5.41, 5.74) is 5.82. The van der Waals surface area contributed by atoms with Gasteiger partial charge in [0, 0.05) is 25.0 Å². The fourth-order valence-electron chi connectivity index (χ4n) is 2.39. The lowest BCUT2D eigenvalue weighted by atomic mass is 10.1. The summed E-state index contributed by atoms with van der Waals surface area (Å²) in [5.74, 6) is 0.514. The molecule has 2 heterocycles. The van der Waals surface area contributed by atoms with Crippen LogP contribution in [0.25, 0.3) is 0 Å². The third-order valence-corrected chi connectivity index (χ3v) is 3.93. The molecule has 0 atom stereocenters. The van der Waals surface area contributed by atoms with Crippen LogP contribution < -0.4 is 11.1 Å². The molecule has 0 radical (unpaired) electrons. The molecule has 1 aromatic rings. The van der Waals surface area contributed by atoms with Crippen LogP contribution in [0.2, 0.25) is 0 Å². The van der Waals surface area contributed by atoms with E-state index in [-0.39, 0.29) is 30.3 Å². The second-order valence-corrected chi connectivity index (χ2v) is 5.78. The Morgan fingerprint density at radius 2 is 2.00 bits per heavy atom. The lowest BCUT2D eigenvalue weighted by Gasteiger charge is -2.30. The summed E-state index contributed by atoms with van der Waals surface area (Å²) in [4.78, 5) is 25.5. The Morgan fingerprint density at radius 1 is 1.29 bits per heavy atom. The number of hydrogen-bond donors (Lipinski definition) is 2. The van der Waals surface area contributed by atoms with Crippen LogP contribution in [0.4, 0.5) is 5.82 Å². The molecule has 2 amide bonds. The number of nitrogens with zero attached hydrogens (tertiary/aromatic N) is 4. The number of aromatic nitrogens is 3. The third-order valence-electron chi connectivity index (χ3n) is 3.93. The number of amides is 2. The van der Waals surface area contributed by atoms with E-state index >= 15 is 0 Å². The Labute approximate surface area is 122 Å². The second-order valence-electron chi connectivity index (χ2n) is 5.78. The van der Waals surface area contributed by atoms with Gasteiger partial charge in [0.2, 0.25) is 11.8 Å². The van der Waals surface area contributed by atoms with E-state index in [4.69, 9.17) is 5.73 Å². The van der Waals surface area contributed by atoms with E-state index in [9.17, 15) is 9.59 Å². The van der Waals surface area contributed by atoms with Gasteiger partial charge in [0.15, 0.2) is 5.82 Å². The number of carbonyl (C=O) groups is 2. The van der Waals surface area contributed by atoms with Gasteiger partial charge in [-0.3, -0.25) is 9.59 Å². The molecular weight excluding hydrogens is 272 g/mol. The molecule has 3 N–H and O–H groups in total. The summed E-state index contributed by atoms with van der Waals surface area (Å²) in [5, 5.41) is 10.5. The molecular formula is C13H20N6O2. The van der Waals surface area contributed by atoms with Crippen molar-refractivity contribution in [3.8, 4) is 0 Å². The van der Waals surface area contributed by atoms with Crippen molar-refractivity contribution in [1.82, 2.24) is 19.9 Å². The zero-order chi connectivity index (χ0) is 14.8. The first kappa shape index (κ1) is 14.0. The van der Waals surface area contributed by atoms with Gasteiger partial charge in [0.25, 0.3) is 0 Å². The van der Waals surface area contributed by atoms with Crippen molar-refractivity contribution < 1.29 is 9.59 Å². The maximum atomic E-state index is 12.1. The van der Waals surface area contributed by atoms with E-state index in [1.165, 1.54) is 4.68 Å². The molecule has 2 aliphatic rings. The van der Waals surface area contributed by atoms with Gasteiger partial charge in [-0.25, -0.2) is 4.68 Å². The van der Waals surface area contributed by atoms with Gasteiger partial charge in [-0.1, -0.05) is 5.21 Å². The number of piperidine rings is 1. The van der Waals surface area contributed by atoms with Crippen LogP contribution in [-0.4, -0.2) is 50.8 Å². The number of carbonyl (C=O) groups excluding carboxylic acids is 2. The summed E-state index contributed by atoms with van der Waals surface area (Å²) in [7, 11) is 0. The summed E-state index contributed by atoms with van der Waals surface area (Å²) < 4.78 is 1.46. The lowest BCUT2D eigenvalue weighted by Crippen LogP contribution is -2.44. The van der Waals surface area contributed by atoms with Gasteiger partial charge >= 0.3 is 0 Å². The van der Waals surface area contributed by atoms with Crippen LogP contribution in [0.3, 0.4) is 0 Å². The number of hydrogen-bond acceptors (Lipinski definition) is 5. The van der Waals surface area contributed by atoms with E-state index in [1.807, 2.05) is 0 Å². The van der Waals surface area contributed by atoms with Gasteiger partial charge < -0.3 is 16.0 Å². The van der Waals surface area contributed by atoms with Gasteiger partial charge in [-0.2, -0.15) is 0 Å². The average Bonchev–Trinajstić information content (AvgIpc) is 3.23. The lowest BCUT2D eigenvalue weighted by molar-refractivity contribution is -0.133. The van der Waals surface area contributed by atoms with Gasteiger partial charge in [-0.15, -0.1) is 5.10 Å². The Bertz CT molecular complexity index is 531. The topological polar surface area (TPSA) is 106 Å². The summed E-state index contributed by atoms with van der Waals surface area (Å²) >= 11 is 0. The Balaban J connectivity index is 1.51. The first-order valence-electron chi connectivity index (χ1n) is 7.36. The molecule has 2 fully saturated rings. The van der Waals surface area contributed by atoms with Gasteiger partial charge in [-0.05, 0) is 25.7 Å². The zero-order valence-electron chi connectivity index (χ0n) is 11.9. The van der Waals surface area contributed by atoms with Crippen LogP contribution >= 0.6 is 0 Å². The molecule has 3 rings (SSSR count). The molecule has 0 unspecified atom stereocenters. The standard InChI is InChI=1S/C13H20N6O2/c14-10-3-5-18(6-4-10)12(20)8-19-7-11(16-17-19)15-13(21)9-1-2-9/h7,9-10H,1-6,8,14H2,(H,15,21). The van der Waals surface area contributed by atoms with Crippen molar-refractivity contribution in [2.75, 3.05) is 18.4 Å². The molecule has 1 aromatic heterocycles. The van der Waals surface area contributed by atoms with Crippen LogP contribution in [0, 0.1) is 5.92 Å². The van der Waals surface area contributed by atoms with Crippen molar-refractivity contribution in [3.63, 3.8) is 0 Å². The first-order valence-corrected chi connectivity index (χ1v) is 7.36. The highest BCUT2D eigenvalue weighted by Crippen LogP contribution is 2.29. The van der Waals surface area contributed by atoms with Gasteiger partial charge in [0.1, 0.15) is 6.54 Å². The van der Waals surface area contributed by atoms with Crippen molar-refractivity contribution in [3.05, 3.63) is 6.20 Å². The highest BCUT2D eigenvalue weighted by atomic mass is 16.2. The Morgan fingerprint density at radius 3 is 2.67 bits per heavy atom. The average molecular weight is 292 g/mol. The zero-order valence-corrected chi connectivity index (χ0v) is 11.9. The van der Waals surface area contributed by atoms with Crippen LogP contribution in [0.5, 0.6) is 0 Å². The molecule has 1 aliphatic heterocycles. The van der Waals surface area contributed by atoms with Crippen molar-refractivity contribution in [2.24, 2.45) is 11.7 Å². The summed E-state index contributed by atoms with van der Waals surface area (Å²) in [6.07, 6.45) is 5.15. The molecule has 8 nitrogen and oxygen atoms in total. The number of rotatable bonds is 4. The molecule has 0 bridgehead atoms. The van der Waals surface area contributed by atoms with E-state index < -0.39 is 0 Å². The molecule has 114 valence electrons. The normalized spacial score (nSPS) is 19.6. The predicted octanol–water partition coefficient (Wildman–Crippen LogP) is -0.424. The highest BCUT2D eigenvalue weighted by molar-refractivity contribution is 5.93.